The summed E-state index contributed by atoms with van der Waals surface area (Å²) in [5, 5.41) is 4.01. The normalized spacial score (nSPS) is 17.7. The van der Waals surface area contributed by atoms with E-state index in [1.165, 1.54) is 27.5 Å². The van der Waals surface area contributed by atoms with Crippen LogP contribution in [0.25, 0.3) is 10.1 Å². The van der Waals surface area contributed by atoms with E-state index in [-0.39, 0.29) is 17.4 Å². The molecule has 1 atom stereocenters. The van der Waals surface area contributed by atoms with Crippen LogP contribution in [0.1, 0.15) is 30.6 Å². The minimum atomic E-state index is -0.386. The van der Waals surface area contributed by atoms with Crippen LogP contribution in [0, 0.1) is 11.7 Å². The molecule has 1 amide bonds. The lowest BCUT2D eigenvalue weighted by atomic mass is 9.93. The molecule has 3 nitrogen and oxygen atoms in total. The molecule has 1 saturated heterocycles. The van der Waals surface area contributed by atoms with Crippen LogP contribution in [0.4, 0.5) is 10.1 Å². The van der Waals surface area contributed by atoms with Crippen molar-refractivity contribution >= 4 is 33.0 Å². The molecule has 1 fully saturated rings. The maximum absolute atomic E-state index is 13.7. The molecule has 1 aliphatic rings. The summed E-state index contributed by atoms with van der Waals surface area (Å²) in [6, 6.07) is 17.1. The lowest BCUT2D eigenvalue weighted by Gasteiger charge is -2.32. The van der Waals surface area contributed by atoms with Gasteiger partial charge in [0.2, 0.25) is 5.91 Å². The van der Waals surface area contributed by atoms with Gasteiger partial charge in [0.1, 0.15) is 5.82 Å². The van der Waals surface area contributed by atoms with Crippen LogP contribution in [0.15, 0.2) is 54.6 Å². The molecule has 2 heterocycles. The van der Waals surface area contributed by atoms with Gasteiger partial charge in [0.05, 0.1) is 5.69 Å². The predicted octanol–water partition coefficient (Wildman–Crippen LogP) is 5.67. The summed E-state index contributed by atoms with van der Waals surface area (Å²) in [4.78, 5) is 16.1. The molecule has 1 aliphatic heterocycles. The maximum atomic E-state index is 13.7. The Labute approximate surface area is 169 Å². The molecule has 1 N–H and O–H groups in total. The molecule has 5 heteroatoms. The molecule has 28 heavy (non-hydrogen) atoms. The van der Waals surface area contributed by atoms with Crippen LogP contribution < -0.4 is 5.32 Å². The van der Waals surface area contributed by atoms with Gasteiger partial charge in [-0.3, -0.25) is 9.69 Å². The highest BCUT2D eigenvalue weighted by atomic mass is 32.1. The fourth-order valence-corrected chi connectivity index (χ4v) is 5.08. The van der Waals surface area contributed by atoms with Gasteiger partial charge in [-0.05, 0) is 61.4 Å². The van der Waals surface area contributed by atoms with Crippen molar-refractivity contribution in [3.05, 3.63) is 65.3 Å². The number of hydrogen-bond donors (Lipinski definition) is 1. The molecule has 0 radical (unpaired) electrons. The summed E-state index contributed by atoms with van der Waals surface area (Å²) in [6.07, 6.45) is 3.62. The lowest BCUT2D eigenvalue weighted by molar-refractivity contribution is -0.116. The SMILES string of the molecule is O=C(CC[C@@H]1CCCN(Cc2cc3ccccc3s2)C1)Nc1ccccc1F. The van der Waals surface area contributed by atoms with Gasteiger partial charge in [0.25, 0.3) is 0 Å². The zero-order valence-electron chi connectivity index (χ0n) is 15.9. The quantitative estimate of drug-likeness (QED) is 0.582. The zero-order chi connectivity index (χ0) is 19.3. The monoisotopic (exact) mass is 396 g/mol. The Kier molecular flexibility index (Phi) is 6.03. The minimum absolute atomic E-state index is 0.105. The largest absolute Gasteiger partial charge is 0.324 e. The molecule has 0 saturated carbocycles. The van der Waals surface area contributed by atoms with Crippen molar-refractivity contribution in [1.82, 2.24) is 4.90 Å². The number of rotatable bonds is 6. The summed E-state index contributed by atoms with van der Waals surface area (Å²) in [6.45, 7) is 3.13. The van der Waals surface area contributed by atoms with E-state index in [2.05, 4.69) is 40.5 Å². The van der Waals surface area contributed by atoms with Gasteiger partial charge >= 0.3 is 0 Å². The number of para-hydroxylation sites is 1. The first-order valence-corrected chi connectivity index (χ1v) is 10.7. The minimum Gasteiger partial charge on any atom is -0.324 e. The van der Waals surface area contributed by atoms with Crippen LogP contribution in [0.3, 0.4) is 0 Å². The van der Waals surface area contributed by atoms with Gasteiger partial charge in [-0.2, -0.15) is 0 Å². The highest BCUT2D eigenvalue weighted by molar-refractivity contribution is 7.19. The van der Waals surface area contributed by atoms with Crippen molar-refractivity contribution in [2.24, 2.45) is 5.92 Å². The fraction of sp³-hybridized carbons (Fsp3) is 0.348. The lowest BCUT2D eigenvalue weighted by Crippen LogP contribution is -2.35. The molecule has 146 valence electrons. The number of anilines is 1. The van der Waals surface area contributed by atoms with Crippen LogP contribution >= 0.6 is 11.3 Å². The van der Waals surface area contributed by atoms with Crippen molar-refractivity contribution in [2.75, 3.05) is 18.4 Å². The van der Waals surface area contributed by atoms with Crippen LogP contribution in [0.5, 0.6) is 0 Å². The molecule has 4 rings (SSSR count). The molecule has 3 aromatic rings. The van der Waals surface area contributed by atoms with E-state index in [0.29, 0.717) is 12.3 Å². The number of fused-ring (bicyclic) bond motifs is 1. The molecule has 0 unspecified atom stereocenters. The summed E-state index contributed by atoms with van der Waals surface area (Å²) in [7, 11) is 0. The molecular formula is C23H25FN2OS. The Hall–Kier alpha value is -2.24. The third-order valence-electron chi connectivity index (χ3n) is 5.39. The average molecular weight is 397 g/mol. The van der Waals surface area contributed by atoms with E-state index >= 15 is 0 Å². The van der Waals surface area contributed by atoms with Crippen LogP contribution in [0.2, 0.25) is 0 Å². The summed E-state index contributed by atoms with van der Waals surface area (Å²) in [5.41, 5.74) is 0.266. The van der Waals surface area contributed by atoms with Crippen LogP contribution in [-0.4, -0.2) is 23.9 Å². The molecule has 1 aromatic heterocycles. The second-order valence-electron chi connectivity index (χ2n) is 7.56. The number of halogens is 1. The highest BCUT2D eigenvalue weighted by Crippen LogP contribution is 2.28. The first kappa shape index (κ1) is 19.1. The molecule has 0 bridgehead atoms. The fourth-order valence-electron chi connectivity index (χ4n) is 3.98. The number of hydrogen-bond acceptors (Lipinski definition) is 3. The van der Waals surface area contributed by atoms with Gasteiger partial charge in [0.15, 0.2) is 0 Å². The number of benzene rings is 2. The smallest absolute Gasteiger partial charge is 0.224 e. The topological polar surface area (TPSA) is 32.3 Å². The van der Waals surface area contributed by atoms with Gasteiger partial charge in [-0.1, -0.05) is 30.3 Å². The summed E-state index contributed by atoms with van der Waals surface area (Å²) < 4.78 is 15.0. The maximum Gasteiger partial charge on any atom is 0.224 e. The van der Waals surface area contributed by atoms with Crippen molar-refractivity contribution in [3.8, 4) is 0 Å². The number of thiophene rings is 1. The zero-order valence-corrected chi connectivity index (χ0v) is 16.7. The number of nitrogens with zero attached hydrogens (tertiary/aromatic N) is 1. The summed E-state index contributed by atoms with van der Waals surface area (Å²) in [5.74, 6) is 0.0317. The molecular weight excluding hydrogens is 371 g/mol. The first-order valence-electron chi connectivity index (χ1n) is 9.91. The molecule has 0 spiro atoms. The Balaban J connectivity index is 1.27. The Morgan fingerprint density at radius 2 is 2.00 bits per heavy atom. The molecule has 0 aliphatic carbocycles. The molecule has 2 aromatic carbocycles. The number of amides is 1. The van der Waals surface area contributed by atoms with Crippen molar-refractivity contribution in [2.45, 2.75) is 32.2 Å². The number of piperidine rings is 1. The average Bonchev–Trinajstić information content (AvgIpc) is 3.11. The van der Waals surface area contributed by atoms with Crippen molar-refractivity contribution in [3.63, 3.8) is 0 Å². The third kappa shape index (κ3) is 4.78. The van der Waals surface area contributed by atoms with Gasteiger partial charge in [0, 0.05) is 29.1 Å². The number of carbonyl (C=O) groups is 1. The van der Waals surface area contributed by atoms with Crippen LogP contribution in [-0.2, 0) is 11.3 Å². The van der Waals surface area contributed by atoms with E-state index in [0.717, 1.165) is 32.5 Å². The second kappa shape index (κ2) is 8.84. The highest BCUT2D eigenvalue weighted by Gasteiger charge is 2.21. The van der Waals surface area contributed by atoms with Gasteiger partial charge in [-0.25, -0.2) is 4.39 Å². The van der Waals surface area contributed by atoms with Crippen molar-refractivity contribution in [1.29, 1.82) is 0 Å². The van der Waals surface area contributed by atoms with E-state index in [9.17, 15) is 9.18 Å². The summed E-state index contributed by atoms with van der Waals surface area (Å²) >= 11 is 1.87. The van der Waals surface area contributed by atoms with Gasteiger partial charge < -0.3 is 5.32 Å². The first-order chi connectivity index (χ1) is 13.7. The standard InChI is InChI=1S/C23H25FN2OS/c24-20-8-2-3-9-21(20)25-23(27)12-11-17-6-5-13-26(15-17)16-19-14-18-7-1-4-10-22(18)28-19/h1-4,7-10,14,17H,5-6,11-13,15-16H2,(H,25,27)/t17-/m0/s1. The third-order valence-corrected chi connectivity index (χ3v) is 6.49. The number of likely N-dealkylation sites (tertiary alicyclic amines) is 1. The van der Waals surface area contributed by atoms with E-state index in [1.807, 2.05) is 11.3 Å². The van der Waals surface area contributed by atoms with E-state index in [1.54, 1.807) is 18.2 Å². The Morgan fingerprint density at radius 1 is 1.18 bits per heavy atom. The second-order valence-corrected chi connectivity index (χ2v) is 8.73. The number of nitrogens with one attached hydrogen (secondary N) is 1. The van der Waals surface area contributed by atoms with E-state index in [4.69, 9.17) is 0 Å². The number of carbonyl (C=O) groups excluding carboxylic acids is 1. The predicted molar refractivity (Wildman–Crippen MR) is 114 cm³/mol. The van der Waals surface area contributed by atoms with Gasteiger partial charge in [-0.15, -0.1) is 11.3 Å². The van der Waals surface area contributed by atoms with Crippen molar-refractivity contribution < 1.29 is 9.18 Å². The Morgan fingerprint density at radius 3 is 2.86 bits per heavy atom. The van der Waals surface area contributed by atoms with E-state index < -0.39 is 0 Å². The Bertz CT molecular complexity index is 921.